The zero-order chi connectivity index (χ0) is 17.6. The first-order valence-electron chi connectivity index (χ1n) is 10.0. The molecule has 1 N–H and O–H groups in total. The van der Waals surface area contributed by atoms with E-state index in [1.54, 1.807) is 0 Å². The van der Waals surface area contributed by atoms with Crippen LogP contribution in [0.4, 0.5) is 5.95 Å². The lowest BCUT2D eigenvalue weighted by Crippen LogP contribution is -2.27. The Balaban J connectivity index is 1.41. The SMILES string of the molecule is CN1CCCC1CCNc1nc2nc(n1)C1(CCc3ccc-2cc3)CC1. The summed E-state index contributed by atoms with van der Waals surface area (Å²) in [5, 5.41) is 3.49. The predicted molar refractivity (Wildman–Crippen MR) is 103 cm³/mol. The molecule has 1 saturated heterocycles. The second kappa shape index (κ2) is 6.31. The minimum Gasteiger partial charge on any atom is -0.354 e. The van der Waals surface area contributed by atoms with Crippen molar-refractivity contribution in [1.82, 2.24) is 19.9 Å². The second-order valence-electron chi connectivity index (χ2n) is 8.28. The lowest BCUT2D eigenvalue weighted by atomic mass is 9.94. The highest BCUT2D eigenvalue weighted by Crippen LogP contribution is 2.50. The summed E-state index contributed by atoms with van der Waals surface area (Å²) in [5.41, 5.74) is 2.69. The molecule has 1 aliphatic carbocycles. The quantitative estimate of drug-likeness (QED) is 0.917. The fourth-order valence-electron chi connectivity index (χ4n) is 4.46. The third-order valence-corrected chi connectivity index (χ3v) is 6.50. The average molecular weight is 349 g/mol. The van der Waals surface area contributed by atoms with Crippen LogP contribution in [0.5, 0.6) is 0 Å². The average Bonchev–Trinajstić information content (AvgIpc) is 3.36. The maximum Gasteiger partial charge on any atom is 0.226 e. The van der Waals surface area contributed by atoms with Crippen LogP contribution < -0.4 is 5.32 Å². The van der Waals surface area contributed by atoms with Crippen molar-refractivity contribution in [3.05, 3.63) is 35.7 Å². The van der Waals surface area contributed by atoms with Crippen LogP contribution >= 0.6 is 0 Å². The Kier molecular flexibility index (Phi) is 3.92. The van der Waals surface area contributed by atoms with Crippen LogP contribution in [0.25, 0.3) is 11.4 Å². The molecule has 5 nitrogen and oxygen atoms in total. The Morgan fingerprint density at radius 1 is 1.12 bits per heavy atom. The summed E-state index contributed by atoms with van der Waals surface area (Å²) in [6.45, 7) is 2.15. The minimum absolute atomic E-state index is 0.187. The van der Waals surface area contributed by atoms with E-state index >= 15 is 0 Å². The maximum absolute atomic E-state index is 4.87. The number of fused-ring (bicyclic) bond motifs is 3. The first-order chi connectivity index (χ1) is 12.7. The van der Waals surface area contributed by atoms with Crippen LogP contribution in [0, 0.1) is 0 Å². The lowest BCUT2D eigenvalue weighted by Gasteiger charge is -2.20. The Morgan fingerprint density at radius 2 is 1.96 bits per heavy atom. The topological polar surface area (TPSA) is 53.9 Å². The van der Waals surface area contributed by atoms with Gasteiger partial charge < -0.3 is 10.2 Å². The molecule has 6 rings (SSSR count). The molecule has 26 heavy (non-hydrogen) atoms. The van der Waals surface area contributed by atoms with E-state index in [1.807, 2.05) is 0 Å². The van der Waals surface area contributed by atoms with Gasteiger partial charge in [-0.2, -0.15) is 9.97 Å². The number of benzene rings is 1. The van der Waals surface area contributed by atoms with Gasteiger partial charge in [0.25, 0.3) is 0 Å². The molecule has 1 aromatic heterocycles. The molecule has 1 aromatic carbocycles. The van der Waals surface area contributed by atoms with Crippen molar-refractivity contribution < 1.29 is 0 Å². The Morgan fingerprint density at radius 3 is 2.69 bits per heavy atom. The van der Waals surface area contributed by atoms with Crippen molar-refractivity contribution in [2.45, 2.75) is 56.4 Å². The highest BCUT2D eigenvalue weighted by molar-refractivity contribution is 5.57. The van der Waals surface area contributed by atoms with Crippen molar-refractivity contribution in [1.29, 1.82) is 0 Å². The zero-order valence-electron chi connectivity index (χ0n) is 15.5. The van der Waals surface area contributed by atoms with E-state index in [2.05, 4.69) is 41.5 Å². The van der Waals surface area contributed by atoms with E-state index in [0.29, 0.717) is 6.04 Å². The molecule has 1 spiro atoms. The van der Waals surface area contributed by atoms with Crippen LogP contribution in [0.3, 0.4) is 0 Å². The van der Waals surface area contributed by atoms with E-state index in [1.165, 1.54) is 37.8 Å². The van der Waals surface area contributed by atoms with Crippen LogP contribution in [0.15, 0.2) is 24.3 Å². The van der Waals surface area contributed by atoms with Gasteiger partial charge in [0.05, 0.1) is 0 Å². The molecule has 3 aliphatic heterocycles. The Hall–Kier alpha value is -2.01. The van der Waals surface area contributed by atoms with Crippen molar-refractivity contribution in [3.8, 4) is 11.4 Å². The fraction of sp³-hybridized carbons (Fsp3) is 0.571. The Bertz CT molecular complexity index is 797. The first kappa shape index (κ1) is 16.2. The maximum atomic E-state index is 4.87. The molecule has 136 valence electrons. The van der Waals surface area contributed by atoms with Crippen LogP contribution in [-0.2, 0) is 11.8 Å². The fourth-order valence-corrected chi connectivity index (χ4v) is 4.46. The molecule has 2 fully saturated rings. The number of likely N-dealkylation sites (tertiary alicyclic amines) is 1. The molecular weight excluding hydrogens is 322 g/mol. The number of anilines is 1. The van der Waals surface area contributed by atoms with Gasteiger partial charge in [0, 0.05) is 23.6 Å². The molecule has 1 saturated carbocycles. The summed E-state index contributed by atoms with van der Waals surface area (Å²) >= 11 is 0. The van der Waals surface area contributed by atoms with Gasteiger partial charge in [-0.1, -0.05) is 24.3 Å². The van der Waals surface area contributed by atoms with E-state index < -0.39 is 0 Å². The smallest absolute Gasteiger partial charge is 0.226 e. The summed E-state index contributed by atoms with van der Waals surface area (Å²) in [6.07, 6.45) is 8.44. The third kappa shape index (κ3) is 2.98. The van der Waals surface area contributed by atoms with Crippen molar-refractivity contribution in [3.63, 3.8) is 0 Å². The molecule has 2 aromatic rings. The summed E-state index contributed by atoms with van der Waals surface area (Å²) in [7, 11) is 2.23. The molecular formula is C21H27N5. The number of nitrogens with one attached hydrogen (secondary N) is 1. The Labute approximate surface area is 155 Å². The van der Waals surface area contributed by atoms with E-state index in [-0.39, 0.29) is 5.41 Å². The van der Waals surface area contributed by atoms with Crippen molar-refractivity contribution >= 4 is 5.95 Å². The number of aromatic nitrogens is 3. The molecule has 4 aliphatic rings. The van der Waals surface area contributed by atoms with E-state index in [4.69, 9.17) is 15.0 Å². The molecule has 4 bridgehead atoms. The predicted octanol–water partition coefficient (Wildman–Crippen LogP) is 3.41. The second-order valence-corrected chi connectivity index (χ2v) is 8.28. The number of nitrogens with zero attached hydrogens (tertiary/aromatic N) is 4. The van der Waals surface area contributed by atoms with Crippen LogP contribution in [0.2, 0.25) is 0 Å². The zero-order valence-corrected chi connectivity index (χ0v) is 15.5. The monoisotopic (exact) mass is 349 g/mol. The van der Waals surface area contributed by atoms with Crippen LogP contribution in [0.1, 0.15) is 49.9 Å². The van der Waals surface area contributed by atoms with E-state index in [9.17, 15) is 0 Å². The largest absolute Gasteiger partial charge is 0.354 e. The van der Waals surface area contributed by atoms with E-state index in [0.717, 1.165) is 49.0 Å². The third-order valence-electron chi connectivity index (χ3n) is 6.50. The normalized spacial score (nSPS) is 23.3. The van der Waals surface area contributed by atoms with Gasteiger partial charge in [-0.15, -0.1) is 0 Å². The molecule has 1 atom stereocenters. The molecule has 0 radical (unpaired) electrons. The highest BCUT2D eigenvalue weighted by atomic mass is 15.2. The van der Waals surface area contributed by atoms with Crippen molar-refractivity contribution in [2.24, 2.45) is 0 Å². The highest BCUT2D eigenvalue weighted by Gasteiger charge is 2.47. The number of aryl methyl sites for hydroxylation is 1. The van der Waals surface area contributed by atoms with Gasteiger partial charge in [-0.3, -0.25) is 0 Å². The standard InChI is InChI=1S/C21H27N5/c1-26-14-2-3-17(26)9-13-22-20-24-18-16-6-4-15(5-7-16)8-10-21(11-12-21)19(23-18)25-20/h4-7,17H,2-3,8-14H2,1H3,(H,22,23,24,25). The van der Waals surface area contributed by atoms with Gasteiger partial charge in [0.2, 0.25) is 5.95 Å². The van der Waals surface area contributed by atoms with Gasteiger partial charge in [-0.05, 0) is 64.1 Å². The first-order valence-corrected chi connectivity index (χ1v) is 10.0. The van der Waals surface area contributed by atoms with Gasteiger partial charge in [0.15, 0.2) is 5.82 Å². The van der Waals surface area contributed by atoms with Crippen molar-refractivity contribution in [2.75, 3.05) is 25.5 Å². The summed E-state index contributed by atoms with van der Waals surface area (Å²) < 4.78 is 0. The minimum atomic E-state index is 0.187. The van der Waals surface area contributed by atoms with Gasteiger partial charge in [-0.25, -0.2) is 4.98 Å². The summed E-state index contributed by atoms with van der Waals surface area (Å²) in [5.74, 6) is 2.57. The number of hydrogen-bond acceptors (Lipinski definition) is 5. The lowest BCUT2D eigenvalue weighted by molar-refractivity contribution is 0.301. The molecule has 1 unspecified atom stereocenters. The van der Waals surface area contributed by atoms with Gasteiger partial charge >= 0.3 is 0 Å². The molecule has 0 amide bonds. The molecule has 5 heteroatoms. The number of hydrogen-bond donors (Lipinski definition) is 1. The van der Waals surface area contributed by atoms with Gasteiger partial charge in [0.1, 0.15) is 5.82 Å². The van der Waals surface area contributed by atoms with Crippen LogP contribution in [-0.4, -0.2) is 46.0 Å². The summed E-state index contributed by atoms with van der Waals surface area (Å²) in [6, 6.07) is 9.44. The summed E-state index contributed by atoms with van der Waals surface area (Å²) in [4.78, 5) is 16.9. The molecule has 4 heterocycles. The number of rotatable bonds is 4.